The van der Waals surface area contributed by atoms with E-state index in [1.165, 1.54) is 48.5 Å². The van der Waals surface area contributed by atoms with Crippen molar-refractivity contribution in [1.29, 1.82) is 0 Å². The molecule has 0 saturated heterocycles. The maximum atomic E-state index is 13.0. The monoisotopic (exact) mass is 317 g/mol. The third kappa shape index (κ3) is 2.73. The standard InChI is InChI=1S/C16H9F2NO2S/c17-11-5-1-9(2-6-11)13-14(16(20)21)22-15(19-13)10-3-7-12(18)8-4-10/h1-8H,(H,20,21). The van der Waals surface area contributed by atoms with Crippen molar-refractivity contribution < 1.29 is 18.7 Å². The Kier molecular flexibility index (Phi) is 3.68. The Hall–Kier alpha value is -2.60. The van der Waals surface area contributed by atoms with E-state index in [2.05, 4.69) is 4.98 Å². The molecule has 110 valence electrons. The predicted octanol–water partition coefficient (Wildman–Crippen LogP) is 4.45. The number of rotatable bonds is 3. The van der Waals surface area contributed by atoms with Gasteiger partial charge in [0.2, 0.25) is 0 Å². The Morgan fingerprint density at radius 3 is 1.91 bits per heavy atom. The summed E-state index contributed by atoms with van der Waals surface area (Å²) >= 11 is 0.999. The first-order valence-corrected chi connectivity index (χ1v) is 7.12. The zero-order valence-electron chi connectivity index (χ0n) is 11.1. The molecule has 0 amide bonds. The molecule has 6 heteroatoms. The minimum atomic E-state index is -1.11. The Labute approximate surface area is 128 Å². The molecule has 0 spiro atoms. The number of aromatic nitrogens is 1. The molecule has 3 rings (SSSR count). The number of carboxylic acids is 1. The summed E-state index contributed by atoms with van der Waals surface area (Å²) < 4.78 is 26.0. The fourth-order valence-corrected chi connectivity index (χ4v) is 2.92. The number of aromatic carboxylic acids is 1. The van der Waals surface area contributed by atoms with Gasteiger partial charge in [0, 0.05) is 11.1 Å². The number of carbonyl (C=O) groups is 1. The molecule has 0 aliphatic carbocycles. The van der Waals surface area contributed by atoms with Gasteiger partial charge in [0.15, 0.2) is 0 Å². The van der Waals surface area contributed by atoms with E-state index in [0.717, 1.165) is 11.3 Å². The van der Waals surface area contributed by atoms with Gasteiger partial charge < -0.3 is 5.11 Å². The smallest absolute Gasteiger partial charge is 0.348 e. The molecule has 1 aromatic heterocycles. The van der Waals surface area contributed by atoms with Crippen LogP contribution in [0.5, 0.6) is 0 Å². The van der Waals surface area contributed by atoms with Crippen LogP contribution in [-0.4, -0.2) is 16.1 Å². The SMILES string of the molecule is O=C(O)c1sc(-c2ccc(F)cc2)nc1-c1ccc(F)cc1. The van der Waals surface area contributed by atoms with Gasteiger partial charge in [-0.2, -0.15) is 0 Å². The quantitative estimate of drug-likeness (QED) is 0.776. The number of carboxylic acid groups (broad SMARTS) is 1. The van der Waals surface area contributed by atoms with Crippen molar-refractivity contribution in [3.05, 3.63) is 65.0 Å². The van der Waals surface area contributed by atoms with E-state index in [0.29, 0.717) is 16.1 Å². The molecular weight excluding hydrogens is 308 g/mol. The largest absolute Gasteiger partial charge is 0.477 e. The topological polar surface area (TPSA) is 50.2 Å². The van der Waals surface area contributed by atoms with Crippen LogP contribution in [0.4, 0.5) is 8.78 Å². The molecule has 1 heterocycles. The molecule has 22 heavy (non-hydrogen) atoms. The summed E-state index contributed by atoms with van der Waals surface area (Å²) in [6, 6.07) is 11.1. The van der Waals surface area contributed by atoms with Crippen molar-refractivity contribution in [2.24, 2.45) is 0 Å². The first-order chi connectivity index (χ1) is 10.5. The summed E-state index contributed by atoms with van der Waals surface area (Å²) in [6.07, 6.45) is 0. The van der Waals surface area contributed by atoms with Gasteiger partial charge in [0.1, 0.15) is 21.5 Å². The Bertz CT molecular complexity index is 826. The van der Waals surface area contributed by atoms with Crippen LogP contribution in [0.25, 0.3) is 21.8 Å². The van der Waals surface area contributed by atoms with Crippen molar-refractivity contribution in [1.82, 2.24) is 4.98 Å². The van der Waals surface area contributed by atoms with E-state index in [1.807, 2.05) is 0 Å². The first-order valence-electron chi connectivity index (χ1n) is 6.30. The van der Waals surface area contributed by atoms with Crippen LogP contribution in [0.3, 0.4) is 0 Å². The molecule has 0 aliphatic rings. The molecule has 0 radical (unpaired) electrons. The maximum absolute atomic E-state index is 13.0. The highest BCUT2D eigenvalue weighted by Crippen LogP contribution is 2.34. The summed E-state index contributed by atoms with van der Waals surface area (Å²) in [5.41, 5.74) is 1.42. The third-order valence-corrected chi connectivity index (χ3v) is 4.12. The lowest BCUT2D eigenvalue weighted by atomic mass is 10.1. The van der Waals surface area contributed by atoms with Crippen molar-refractivity contribution in [3.63, 3.8) is 0 Å². The van der Waals surface area contributed by atoms with Gasteiger partial charge in [-0.15, -0.1) is 11.3 Å². The number of nitrogens with zero attached hydrogens (tertiary/aromatic N) is 1. The Balaban J connectivity index is 2.11. The zero-order valence-corrected chi connectivity index (χ0v) is 11.9. The van der Waals surface area contributed by atoms with Crippen LogP contribution in [0.2, 0.25) is 0 Å². The van der Waals surface area contributed by atoms with Gasteiger partial charge in [0.05, 0.1) is 5.69 Å². The van der Waals surface area contributed by atoms with E-state index in [1.54, 1.807) is 0 Å². The predicted molar refractivity (Wildman–Crippen MR) is 79.9 cm³/mol. The average Bonchev–Trinajstić information content (AvgIpc) is 2.94. The fraction of sp³-hybridized carbons (Fsp3) is 0. The van der Waals surface area contributed by atoms with Gasteiger partial charge in [-0.05, 0) is 48.5 Å². The van der Waals surface area contributed by atoms with Gasteiger partial charge in [-0.25, -0.2) is 18.6 Å². The summed E-state index contributed by atoms with van der Waals surface area (Å²) in [5, 5.41) is 9.79. The van der Waals surface area contributed by atoms with Crippen molar-refractivity contribution in [2.45, 2.75) is 0 Å². The van der Waals surface area contributed by atoms with Crippen LogP contribution < -0.4 is 0 Å². The summed E-state index contributed by atoms with van der Waals surface area (Å²) in [6.45, 7) is 0. The highest BCUT2D eigenvalue weighted by atomic mass is 32.1. The van der Waals surface area contributed by atoms with E-state index in [4.69, 9.17) is 0 Å². The number of halogens is 2. The van der Waals surface area contributed by atoms with Gasteiger partial charge in [-0.3, -0.25) is 0 Å². The molecule has 0 fully saturated rings. The highest BCUT2D eigenvalue weighted by Gasteiger charge is 2.19. The van der Waals surface area contributed by atoms with Crippen LogP contribution in [0.1, 0.15) is 9.67 Å². The molecule has 0 bridgehead atoms. The molecule has 2 aromatic carbocycles. The third-order valence-electron chi connectivity index (χ3n) is 3.03. The number of hydrogen-bond acceptors (Lipinski definition) is 3. The van der Waals surface area contributed by atoms with Crippen LogP contribution >= 0.6 is 11.3 Å². The first kappa shape index (κ1) is 14.3. The minimum Gasteiger partial charge on any atom is -0.477 e. The summed E-state index contributed by atoms with van der Waals surface area (Å²) in [5.74, 6) is -1.89. The molecular formula is C16H9F2NO2S. The molecule has 0 aliphatic heterocycles. The number of thiazole rings is 1. The van der Waals surface area contributed by atoms with E-state index in [-0.39, 0.29) is 16.4 Å². The van der Waals surface area contributed by atoms with E-state index in [9.17, 15) is 18.7 Å². The molecule has 0 saturated carbocycles. The van der Waals surface area contributed by atoms with E-state index >= 15 is 0 Å². The Morgan fingerprint density at radius 2 is 1.41 bits per heavy atom. The lowest BCUT2D eigenvalue weighted by Crippen LogP contribution is -1.95. The van der Waals surface area contributed by atoms with Gasteiger partial charge in [0.25, 0.3) is 0 Å². The second kappa shape index (κ2) is 5.65. The lowest BCUT2D eigenvalue weighted by Gasteiger charge is -1.98. The molecule has 3 aromatic rings. The molecule has 3 nitrogen and oxygen atoms in total. The minimum absolute atomic E-state index is 0.0610. The summed E-state index contributed by atoms with van der Waals surface area (Å²) in [4.78, 5) is 15.8. The van der Waals surface area contributed by atoms with Crippen LogP contribution in [0, 0.1) is 11.6 Å². The number of hydrogen-bond donors (Lipinski definition) is 1. The lowest BCUT2D eigenvalue weighted by molar-refractivity contribution is 0.0702. The zero-order chi connectivity index (χ0) is 15.7. The maximum Gasteiger partial charge on any atom is 0.348 e. The van der Waals surface area contributed by atoms with Crippen LogP contribution in [0.15, 0.2) is 48.5 Å². The van der Waals surface area contributed by atoms with Crippen molar-refractivity contribution in [3.8, 4) is 21.8 Å². The molecule has 0 unspecified atom stereocenters. The highest BCUT2D eigenvalue weighted by molar-refractivity contribution is 7.17. The second-order valence-corrected chi connectivity index (χ2v) is 5.51. The normalized spacial score (nSPS) is 10.6. The molecule has 0 atom stereocenters. The van der Waals surface area contributed by atoms with Crippen molar-refractivity contribution >= 4 is 17.3 Å². The fourth-order valence-electron chi connectivity index (χ4n) is 1.98. The van der Waals surface area contributed by atoms with Gasteiger partial charge in [-0.1, -0.05) is 0 Å². The van der Waals surface area contributed by atoms with Crippen LogP contribution in [-0.2, 0) is 0 Å². The molecule has 1 N–H and O–H groups in total. The van der Waals surface area contributed by atoms with Gasteiger partial charge >= 0.3 is 5.97 Å². The second-order valence-electron chi connectivity index (χ2n) is 4.52. The summed E-state index contributed by atoms with van der Waals surface area (Å²) in [7, 11) is 0. The average molecular weight is 317 g/mol. The Morgan fingerprint density at radius 1 is 0.909 bits per heavy atom. The van der Waals surface area contributed by atoms with Crippen molar-refractivity contribution in [2.75, 3.05) is 0 Å². The number of benzene rings is 2. The van der Waals surface area contributed by atoms with E-state index < -0.39 is 11.8 Å².